The van der Waals surface area contributed by atoms with E-state index >= 15 is 0 Å². The number of hydrogen-bond acceptors (Lipinski definition) is 3. The molecule has 1 aliphatic rings. The second kappa shape index (κ2) is 5.61. The van der Waals surface area contributed by atoms with Crippen LogP contribution in [0, 0.1) is 0 Å². The summed E-state index contributed by atoms with van der Waals surface area (Å²) in [6.07, 6.45) is 6.47. The van der Waals surface area contributed by atoms with Gasteiger partial charge in [0.2, 0.25) is 0 Å². The van der Waals surface area contributed by atoms with Crippen LogP contribution in [0.25, 0.3) is 6.08 Å². The normalized spacial score (nSPS) is 14.4. The Morgan fingerprint density at radius 2 is 2.24 bits per heavy atom. The topological polar surface area (TPSA) is 58.4 Å². The zero-order valence-corrected chi connectivity index (χ0v) is 12.0. The van der Waals surface area contributed by atoms with E-state index in [1.54, 1.807) is 18.3 Å². The summed E-state index contributed by atoms with van der Waals surface area (Å²) in [6, 6.07) is 5.51. The number of hydrogen-bond donors (Lipinski definition) is 1. The Morgan fingerprint density at radius 3 is 3.05 bits per heavy atom. The number of fused-ring (bicyclic) bond motifs is 1. The Balaban J connectivity index is 1.93. The van der Waals surface area contributed by atoms with Crippen LogP contribution in [0.2, 0.25) is 5.02 Å². The van der Waals surface area contributed by atoms with E-state index in [1.807, 2.05) is 18.3 Å². The van der Waals surface area contributed by atoms with Crippen LogP contribution in [0.3, 0.4) is 0 Å². The molecule has 0 amide bonds. The SMILES string of the molecule is O=C(O)/C=C/c1cc(Cl)ccc1N1CCn2ccnc2C1. The highest BCUT2D eigenvalue weighted by atomic mass is 35.5. The lowest BCUT2D eigenvalue weighted by atomic mass is 10.1. The smallest absolute Gasteiger partial charge is 0.328 e. The maximum Gasteiger partial charge on any atom is 0.328 e. The highest BCUT2D eigenvalue weighted by molar-refractivity contribution is 6.30. The van der Waals surface area contributed by atoms with Crippen LogP contribution in [-0.4, -0.2) is 27.2 Å². The lowest BCUT2D eigenvalue weighted by Crippen LogP contribution is -2.34. The zero-order chi connectivity index (χ0) is 14.8. The van der Waals surface area contributed by atoms with Crippen LogP contribution < -0.4 is 4.90 Å². The van der Waals surface area contributed by atoms with E-state index in [4.69, 9.17) is 16.7 Å². The first-order chi connectivity index (χ1) is 10.1. The molecule has 0 bridgehead atoms. The summed E-state index contributed by atoms with van der Waals surface area (Å²) in [4.78, 5) is 17.2. The molecule has 0 atom stereocenters. The molecule has 3 rings (SSSR count). The molecule has 0 spiro atoms. The van der Waals surface area contributed by atoms with Gasteiger partial charge in [0.1, 0.15) is 5.82 Å². The van der Waals surface area contributed by atoms with Gasteiger partial charge in [0.15, 0.2) is 0 Å². The number of aliphatic carboxylic acids is 1. The van der Waals surface area contributed by atoms with Gasteiger partial charge in [0.05, 0.1) is 6.54 Å². The molecule has 0 unspecified atom stereocenters. The fourth-order valence-corrected chi connectivity index (χ4v) is 2.67. The molecule has 5 nitrogen and oxygen atoms in total. The molecule has 1 N–H and O–H groups in total. The lowest BCUT2D eigenvalue weighted by molar-refractivity contribution is -0.131. The number of carboxylic acid groups (broad SMARTS) is 1. The number of aromatic nitrogens is 2. The summed E-state index contributed by atoms with van der Waals surface area (Å²) in [7, 11) is 0. The second-order valence-corrected chi connectivity index (χ2v) is 5.27. The first kappa shape index (κ1) is 13.7. The minimum atomic E-state index is -0.977. The van der Waals surface area contributed by atoms with Crippen LogP contribution in [-0.2, 0) is 17.9 Å². The highest BCUT2D eigenvalue weighted by Gasteiger charge is 2.18. The van der Waals surface area contributed by atoms with Crippen LogP contribution in [0.5, 0.6) is 0 Å². The van der Waals surface area contributed by atoms with Gasteiger partial charge < -0.3 is 14.6 Å². The van der Waals surface area contributed by atoms with Crippen molar-refractivity contribution >= 4 is 29.3 Å². The van der Waals surface area contributed by atoms with Gasteiger partial charge in [0.25, 0.3) is 0 Å². The van der Waals surface area contributed by atoms with Crippen LogP contribution in [0.1, 0.15) is 11.4 Å². The van der Waals surface area contributed by atoms with E-state index in [0.717, 1.165) is 36.2 Å². The van der Waals surface area contributed by atoms with E-state index in [-0.39, 0.29) is 0 Å². The maximum atomic E-state index is 10.7. The van der Waals surface area contributed by atoms with E-state index in [1.165, 1.54) is 0 Å². The van der Waals surface area contributed by atoms with Crippen LogP contribution in [0.4, 0.5) is 5.69 Å². The van der Waals surface area contributed by atoms with E-state index in [0.29, 0.717) is 11.6 Å². The molecule has 0 saturated carbocycles. The first-order valence-corrected chi connectivity index (χ1v) is 6.97. The summed E-state index contributed by atoms with van der Waals surface area (Å²) in [5, 5.41) is 9.39. The Labute approximate surface area is 127 Å². The van der Waals surface area contributed by atoms with Crippen LogP contribution >= 0.6 is 11.6 Å². The molecule has 0 saturated heterocycles. The van der Waals surface area contributed by atoms with Gasteiger partial charge in [-0.15, -0.1) is 0 Å². The fraction of sp³-hybridized carbons (Fsp3) is 0.200. The number of nitrogens with zero attached hydrogens (tertiary/aromatic N) is 3. The maximum absolute atomic E-state index is 10.7. The third-order valence-electron chi connectivity index (χ3n) is 3.48. The van der Waals surface area contributed by atoms with Gasteiger partial charge in [-0.25, -0.2) is 9.78 Å². The van der Waals surface area contributed by atoms with Gasteiger partial charge in [-0.3, -0.25) is 0 Å². The molecule has 0 aliphatic carbocycles. The lowest BCUT2D eigenvalue weighted by Gasteiger charge is -2.30. The third kappa shape index (κ3) is 2.92. The van der Waals surface area contributed by atoms with Gasteiger partial charge in [0, 0.05) is 42.3 Å². The summed E-state index contributed by atoms with van der Waals surface area (Å²) in [5.41, 5.74) is 1.76. The predicted molar refractivity (Wildman–Crippen MR) is 81.4 cm³/mol. The molecular formula is C15H14ClN3O2. The fourth-order valence-electron chi connectivity index (χ4n) is 2.49. The predicted octanol–water partition coefficient (Wildman–Crippen LogP) is 2.65. The molecule has 2 aromatic rings. The van der Waals surface area contributed by atoms with Gasteiger partial charge in [-0.1, -0.05) is 11.6 Å². The summed E-state index contributed by atoms with van der Waals surface area (Å²) in [6.45, 7) is 2.40. The second-order valence-electron chi connectivity index (χ2n) is 4.83. The van der Waals surface area contributed by atoms with Crippen molar-refractivity contribution in [3.05, 3.63) is 53.1 Å². The van der Waals surface area contributed by atoms with Crippen molar-refractivity contribution in [3.63, 3.8) is 0 Å². The first-order valence-electron chi connectivity index (χ1n) is 6.59. The average molecular weight is 304 g/mol. The largest absolute Gasteiger partial charge is 0.478 e. The summed E-state index contributed by atoms with van der Waals surface area (Å²) in [5.74, 6) is 0.0273. The number of anilines is 1. The number of imidazole rings is 1. The van der Waals surface area contributed by atoms with Gasteiger partial charge in [-0.05, 0) is 29.8 Å². The minimum absolute atomic E-state index is 0.585. The number of carbonyl (C=O) groups is 1. The van der Waals surface area contributed by atoms with Crippen molar-refractivity contribution < 1.29 is 9.90 Å². The molecule has 1 aliphatic heterocycles. The number of rotatable bonds is 3. The zero-order valence-electron chi connectivity index (χ0n) is 11.2. The Kier molecular flexibility index (Phi) is 3.66. The molecule has 2 heterocycles. The van der Waals surface area contributed by atoms with E-state index in [2.05, 4.69) is 14.5 Å². The summed E-state index contributed by atoms with van der Waals surface area (Å²) < 4.78 is 2.12. The standard InChI is InChI=1S/C15H14ClN3O2/c16-12-2-3-13(11(9-12)1-4-15(20)21)19-8-7-18-6-5-17-14(18)10-19/h1-6,9H,7-8,10H2,(H,20,21)/b4-1+. The monoisotopic (exact) mass is 303 g/mol. The average Bonchev–Trinajstić information content (AvgIpc) is 2.92. The van der Waals surface area contributed by atoms with Crippen molar-refractivity contribution in [1.82, 2.24) is 9.55 Å². The number of benzene rings is 1. The van der Waals surface area contributed by atoms with Crippen molar-refractivity contribution in [2.75, 3.05) is 11.4 Å². The van der Waals surface area contributed by atoms with Crippen molar-refractivity contribution in [2.24, 2.45) is 0 Å². The van der Waals surface area contributed by atoms with Crippen molar-refractivity contribution in [1.29, 1.82) is 0 Å². The molecule has 1 aromatic heterocycles. The highest BCUT2D eigenvalue weighted by Crippen LogP contribution is 2.28. The van der Waals surface area contributed by atoms with E-state index < -0.39 is 5.97 Å². The molecule has 0 fully saturated rings. The molecular weight excluding hydrogens is 290 g/mol. The molecule has 1 aromatic carbocycles. The molecule has 0 radical (unpaired) electrons. The molecule has 21 heavy (non-hydrogen) atoms. The minimum Gasteiger partial charge on any atom is -0.478 e. The number of carboxylic acids is 1. The van der Waals surface area contributed by atoms with Gasteiger partial charge >= 0.3 is 5.97 Å². The number of halogens is 1. The Morgan fingerprint density at radius 1 is 1.38 bits per heavy atom. The van der Waals surface area contributed by atoms with E-state index in [9.17, 15) is 4.79 Å². The Bertz CT molecular complexity index is 709. The third-order valence-corrected chi connectivity index (χ3v) is 3.72. The van der Waals surface area contributed by atoms with Gasteiger partial charge in [-0.2, -0.15) is 0 Å². The van der Waals surface area contributed by atoms with Crippen molar-refractivity contribution in [3.8, 4) is 0 Å². The molecule has 6 heteroatoms. The molecule has 108 valence electrons. The van der Waals surface area contributed by atoms with Crippen LogP contribution in [0.15, 0.2) is 36.7 Å². The Hall–Kier alpha value is -2.27. The summed E-state index contributed by atoms with van der Waals surface area (Å²) >= 11 is 6.02. The van der Waals surface area contributed by atoms with Crippen molar-refractivity contribution in [2.45, 2.75) is 13.1 Å². The quantitative estimate of drug-likeness (QED) is 0.886.